The van der Waals surface area contributed by atoms with Gasteiger partial charge in [0.2, 0.25) is 0 Å². The van der Waals surface area contributed by atoms with E-state index in [2.05, 4.69) is 17.0 Å². The second kappa shape index (κ2) is 8.83. The fourth-order valence-electron chi connectivity index (χ4n) is 3.04. The number of quaternary nitrogens is 1. The Kier molecular flexibility index (Phi) is 6.51. The van der Waals surface area contributed by atoms with E-state index in [1.807, 2.05) is 29.6 Å². The van der Waals surface area contributed by atoms with E-state index < -0.39 is 6.10 Å². The Morgan fingerprint density at radius 2 is 2.08 bits per heavy atom. The molecule has 3 rings (SSSR count). The van der Waals surface area contributed by atoms with Crippen molar-refractivity contribution in [1.29, 1.82) is 0 Å². The van der Waals surface area contributed by atoms with Crippen LogP contribution in [0.1, 0.15) is 4.88 Å². The molecule has 0 amide bonds. The summed E-state index contributed by atoms with van der Waals surface area (Å²) in [6.45, 7) is 5.75. The largest absolute Gasteiger partial charge is 0.385 e. The lowest BCUT2D eigenvalue weighted by Gasteiger charge is -2.34. The minimum absolute atomic E-state index is 0.402. The first-order chi connectivity index (χ1) is 11.7. The number of aliphatic hydroxyl groups excluding tert-OH is 1. The summed E-state index contributed by atoms with van der Waals surface area (Å²) in [5.74, 6) is 0. The number of halogens is 1. The molecular weight excluding hydrogens is 344 g/mol. The van der Waals surface area contributed by atoms with E-state index >= 15 is 0 Å². The molecule has 2 heterocycles. The fourth-order valence-corrected chi connectivity index (χ4v) is 3.87. The summed E-state index contributed by atoms with van der Waals surface area (Å²) in [6, 6.07) is 12.1. The number of piperazine rings is 1. The average Bonchev–Trinajstić information content (AvgIpc) is 3.09. The molecule has 0 radical (unpaired) electrons. The van der Waals surface area contributed by atoms with Crippen LogP contribution in [-0.4, -0.2) is 50.5 Å². The lowest BCUT2D eigenvalue weighted by molar-refractivity contribution is -0.903. The number of aliphatic hydroxyl groups is 1. The molecule has 24 heavy (non-hydrogen) atoms. The number of rotatable bonds is 7. The Hall–Kier alpha value is -1.11. The number of nitrogens with one attached hydrogen (secondary N) is 1. The molecule has 0 unspecified atom stereocenters. The van der Waals surface area contributed by atoms with Gasteiger partial charge in [0, 0.05) is 15.6 Å². The highest BCUT2D eigenvalue weighted by atomic mass is 35.5. The Labute approximate surface area is 152 Å². The van der Waals surface area contributed by atoms with Crippen LogP contribution in [-0.2, 0) is 11.3 Å². The lowest BCUT2D eigenvalue weighted by atomic mass is 10.2. The van der Waals surface area contributed by atoms with Gasteiger partial charge in [-0.3, -0.25) is 0 Å². The highest BCUT2D eigenvalue weighted by molar-refractivity contribution is 7.09. The molecule has 2 aromatic rings. The van der Waals surface area contributed by atoms with Gasteiger partial charge >= 0.3 is 0 Å². The predicted octanol–water partition coefficient (Wildman–Crippen LogP) is 1.68. The van der Waals surface area contributed by atoms with Crippen molar-refractivity contribution in [2.24, 2.45) is 0 Å². The summed E-state index contributed by atoms with van der Waals surface area (Å²) < 4.78 is 5.61. The summed E-state index contributed by atoms with van der Waals surface area (Å²) in [5, 5.41) is 13.0. The third-order valence-corrected chi connectivity index (χ3v) is 5.39. The quantitative estimate of drug-likeness (QED) is 0.782. The third kappa shape index (κ3) is 5.19. The summed E-state index contributed by atoms with van der Waals surface area (Å²) >= 11 is 7.75. The zero-order chi connectivity index (χ0) is 16.8. The monoisotopic (exact) mass is 367 g/mol. The second-order valence-corrected chi connectivity index (χ2v) is 7.64. The van der Waals surface area contributed by atoms with Gasteiger partial charge in [0.1, 0.15) is 12.6 Å². The van der Waals surface area contributed by atoms with Crippen molar-refractivity contribution in [3.63, 3.8) is 0 Å². The maximum atomic E-state index is 10.2. The van der Waals surface area contributed by atoms with Crippen molar-refractivity contribution in [3.05, 3.63) is 51.7 Å². The number of benzene rings is 1. The zero-order valence-electron chi connectivity index (χ0n) is 13.7. The van der Waals surface area contributed by atoms with Gasteiger partial charge < -0.3 is 19.6 Å². The second-order valence-electron chi connectivity index (χ2n) is 6.17. The van der Waals surface area contributed by atoms with Crippen LogP contribution in [0.25, 0.3) is 0 Å². The van der Waals surface area contributed by atoms with Crippen LogP contribution in [0, 0.1) is 0 Å². The van der Waals surface area contributed by atoms with E-state index in [9.17, 15) is 5.11 Å². The van der Waals surface area contributed by atoms with Crippen LogP contribution in [0.15, 0.2) is 41.8 Å². The van der Waals surface area contributed by atoms with Crippen molar-refractivity contribution < 1.29 is 14.7 Å². The van der Waals surface area contributed by atoms with Gasteiger partial charge in [-0.05, 0) is 29.6 Å². The van der Waals surface area contributed by atoms with Gasteiger partial charge in [0.15, 0.2) is 0 Å². The molecular formula is C18H24ClN2O2S+. The van der Waals surface area contributed by atoms with E-state index in [0.29, 0.717) is 13.2 Å². The molecule has 1 aromatic heterocycles. The van der Waals surface area contributed by atoms with Crippen molar-refractivity contribution in [1.82, 2.24) is 0 Å². The topological polar surface area (TPSA) is 37.1 Å². The number of hydrogen-bond donors (Lipinski definition) is 2. The van der Waals surface area contributed by atoms with E-state index in [1.54, 1.807) is 11.3 Å². The van der Waals surface area contributed by atoms with Gasteiger partial charge in [-0.2, -0.15) is 0 Å². The standard InChI is InChI=1S/C18H23ClN2O2S/c19-15-3-1-4-16(11-15)21-8-6-20(7-9-21)12-17(22)13-23-14-18-5-2-10-24-18/h1-5,10-11,17,22H,6-9,12-14H2/p+1/t17-/m1/s1. The van der Waals surface area contributed by atoms with Crippen molar-refractivity contribution >= 4 is 28.6 Å². The minimum atomic E-state index is -0.405. The smallest absolute Gasteiger partial charge is 0.126 e. The SMILES string of the molecule is O[C@@H](COCc1cccs1)C[NH+]1CCN(c2cccc(Cl)c2)CC1. The summed E-state index contributed by atoms with van der Waals surface area (Å²) in [7, 11) is 0. The Morgan fingerprint density at radius 3 is 2.79 bits per heavy atom. The average molecular weight is 368 g/mol. The maximum absolute atomic E-state index is 10.2. The summed E-state index contributed by atoms with van der Waals surface area (Å²) in [6.07, 6.45) is -0.405. The zero-order valence-corrected chi connectivity index (χ0v) is 15.2. The van der Waals surface area contributed by atoms with Crippen molar-refractivity contribution in [3.8, 4) is 0 Å². The summed E-state index contributed by atoms with van der Waals surface area (Å²) in [4.78, 5) is 4.99. The molecule has 4 nitrogen and oxygen atoms in total. The Morgan fingerprint density at radius 1 is 1.25 bits per heavy atom. The van der Waals surface area contributed by atoms with Crippen LogP contribution in [0.4, 0.5) is 5.69 Å². The molecule has 1 aliphatic rings. The van der Waals surface area contributed by atoms with E-state index in [-0.39, 0.29) is 0 Å². The van der Waals surface area contributed by atoms with Gasteiger partial charge in [0.05, 0.1) is 39.4 Å². The van der Waals surface area contributed by atoms with E-state index in [0.717, 1.165) is 37.7 Å². The van der Waals surface area contributed by atoms with Gasteiger partial charge in [0.25, 0.3) is 0 Å². The van der Waals surface area contributed by atoms with E-state index in [1.165, 1.54) is 15.5 Å². The summed E-state index contributed by atoms with van der Waals surface area (Å²) in [5.41, 5.74) is 1.18. The van der Waals surface area contributed by atoms with Crippen LogP contribution < -0.4 is 9.80 Å². The fraction of sp³-hybridized carbons (Fsp3) is 0.444. The molecule has 0 bridgehead atoms. The molecule has 0 spiro atoms. The first kappa shape index (κ1) is 17.7. The van der Waals surface area contributed by atoms with Crippen molar-refractivity contribution in [2.45, 2.75) is 12.7 Å². The number of anilines is 1. The molecule has 6 heteroatoms. The highest BCUT2D eigenvalue weighted by Crippen LogP contribution is 2.19. The Bertz CT molecular complexity index is 615. The van der Waals surface area contributed by atoms with Crippen LogP contribution in [0.3, 0.4) is 0 Å². The molecule has 130 valence electrons. The van der Waals surface area contributed by atoms with Crippen LogP contribution in [0.2, 0.25) is 5.02 Å². The number of ether oxygens (including phenoxy) is 1. The molecule has 1 fully saturated rings. The van der Waals surface area contributed by atoms with E-state index in [4.69, 9.17) is 16.3 Å². The first-order valence-corrected chi connectivity index (χ1v) is 9.59. The first-order valence-electron chi connectivity index (χ1n) is 8.33. The maximum Gasteiger partial charge on any atom is 0.126 e. The van der Waals surface area contributed by atoms with Gasteiger partial charge in [-0.1, -0.05) is 23.7 Å². The molecule has 0 aliphatic carbocycles. The third-order valence-electron chi connectivity index (χ3n) is 4.30. The van der Waals surface area contributed by atoms with Crippen LogP contribution >= 0.6 is 22.9 Å². The molecule has 1 aromatic carbocycles. The normalized spacial score (nSPS) is 17.2. The number of nitrogens with zero attached hydrogens (tertiary/aromatic N) is 1. The van der Waals surface area contributed by atoms with Crippen molar-refractivity contribution in [2.75, 3.05) is 44.2 Å². The van der Waals surface area contributed by atoms with Gasteiger partial charge in [-0.25, -0.2) is 0 Å². The van der Waals surface area contributed by atoms with Crippen LogP contribution in [0.5, 0.6) is 0 Å². The molecule has 1 atom stereocenters. The minimum Gasteiger partial charge on any atom is -0.385 e. The molecule has 1 aliphatic heterocycles. The highest BCUT2D eigenvalue weighted by Gasteiger charge is 2.22. The lowest BCUT2D eigenvalue weighted by Crippen LogP contribution is -3.16. The molecule has 1 saturated heterocycles. The molecule has 0 saturated carbocycles. The Balaban J connectivity index is 1.37. The molecule has 2 N–H and O–H groups in total. The number of thiophene rings is 1. The number of hydrogen-bond acceptors (Lipinski definition) is 4. The predicted molar refractivity (Wildman–Crippen MR) is 99.2 cm³/mol. The van der Waals surface area contributed by atoms with Gasteiger partial charge in [-0.15, -0.1) is 11.3 Å².